The number of phenols is 2. The minimum atomic E-state index is -0.100. The van der Waals surface area contributed by atoms with Crippen LogP contribution in [0.4, 0.5) is 0 Å². The fourth-order valence-corrected chi connectivity index (χ4v) is 0.619. The molecule has 3 heteroatoms. The summed E-state index contributed by atoms with van der Waals surface area (Å²) < 4.78 is 0. The molecule has 1 aromatic rings. The highest BCUT2D eigenvalue weighted by Gasteiger charge is 1.95. The van der Waals surface area contributed by atoms with E-state index >= 15 is 0 Å². The second kappa shape index (κ2) is 4.85. The summed E-state index contributed by atoms with van der Waals surface area (Å²) in [6.45, 7) is 4.00. The predicted octanol–water partition coefficient (Wildman–Crippen LogP) is 2.78. The van der Waals surface area contributed by atoms with Gasteiger partial charge in [0.2, 0.25) is 0 Å². The molecule has 0 fully saturated rings. The van der Waals surface area contributed by atoms with Crippen molar-refractivity contribution in [3.8, 4) is 11.5 Å². The van der Waals surface area contributed by atoms with E-state index in [9.17, 15) is 0 Å². The van der Waals surface area contributed by atoms with E-state index in [4.69, 9.17) is 21.8 Å². The maximum absolute atomic E-state index is 8.81. The van der Waals surface area contributed by atoms with E-state index < -0.39 is 0 Å². The number of hydrogen-bond acceptors (Lipinski definition) is 2. The van der Waals surface area contributed by atoms with Crippen LogP contribution in [0, 0.1) is 0 Å². The van der Waals surface area contributed by atoms with Crippen molar-refractivity contribution in [3.05, 3.63) is 23.2 Å². The molecule has 0 amide bonds. The lowest BCUT2D eigenvalue weighted by Gasteiger charge is -1.94. The third kappa shape index (κ3) is 3.14. The summed E-state index contributed by atoms with van der Waals surface area (Å²) in [7, 11) is 0. The van der Waals surface area contributed by atoms with E-state index in [0.717, 1.165) is 0 Å². The quantitative estimate of drug-likeness (QED) is 0.635. The lowest BCUT2D eigenvalue weighted by molar-refractivity contribution is 0.451. The summed E-state index contributed by atoms with van der Waals surface area (Å²) in [4.78, 5) is 0. The van der Waals surface area contributed by atoms with Crippen molar-refractivity contribution in [2.75, 3.05) is 0 Å². The van der Waals surface area contributed by atoms with Gasteiger partial charge in [-0.05, 0) is 12.1 Å². The zero-order chi connectivity index (χ0) is 8.85. The molecule has 0 aliphatic heterocycles. The van der Waals surface area contributed by atoms with Crippen molar-refractivity contribution in [1.82, 2.24) is 0 Å². The second-order valence-electron chi connectivity index (χ2n) is 1.64. The lowest BCUT2D eigenvalue weighted by atomic mass is 10.3. The number of rotatable bonds is 0. The van der Waals surface area contributed by atoms with Crippen molar-refractivity contribution < 1.29 is 10.2 Å². The molecule has 2 N–H and O–H groups in total. The Morgan fingerprint density at radius 2 is 1.73 bits per heavy atom. The van der Waals surface area contributed by atoms with Crippen molar-refractivity contribution in [2.45, 2.75) is 13.8 Å². The topological polar surface area (TPSA) is 40.5 Å². The largest absolute Gasteiger partial charge is 0.508 e. The monoisotopic (exact) mass is 174 g/mol. The van der Waals surface area contributed by atoms with Crippen LogP contribution in [0.5, 0.6) is 11.5 Å². The summed E-state index contributed by atoms with van der Waals surface area (Å²) in [5, 5.41) is 17.8. The van der Waals surface area contributed by atoms with Gasteiger partial charge in [0.05, 0.1) is 5.02 Å². The Balaban J connectivity index is 0.000000461. The number of halogens is 1. The molecule has 0 aromatic heterocycles. The van der Waals surface area contributed by atoms with Crippen molar-refractivity contribution in [2.24, 2.45) is 0 Å². The van der Waals surface area contributed by atoms with E-state index in [-0.39, 0.29) is 16.5 Å². The summed E-state index contributed by atoms with van der Waals surface area (Å²) in [5.41, 5.74) is 0. The molecule has 1 rings (SSSR count). The first-order chi connectivity index (χ1) is 5.20. The Morgan fingerprint density at radius 3 is 2.09 bits per heavy atom. The summed E-state index contributed by atoms with van der Waals surface area (Å²) in [5.74, 6) is -0.0893. The Kier molecular flexibility index (Phi) is 4.46. The SMILES string of the molecule is CC.Oc1ccc(Cl)c(O)c1. The summed E-state index contributed by atoms with van der Waals surface area (Å²) >= 11 is 5.42. The van der Waals surface area contributed by atoms with Gasteiger partial charge in [-0.15, -0.1) is 0 Å². The highest BCUT2D eigenvalue weighted by atomic mass is 35.5. The van der Waals surface area contributed by atoms with Gasteiger partial charge in [-0.3, -0.25) is 0 Å². The fourth-order valence-electron chi connectivity index (χ4n) is 0.501. The van der Waals surface area contributed by atoms with Gasteiger partial charge in [0, 0.05) is 6.07 Å². The molecular weight excluding hydrogens is 164 g/mol. The standard InChI is InChI=1S/C6H5ClO2.C2H6/c7-5-2-1-4(8)3-6(5)9;1-2/h1-3,8-9H;1-2H3. The number of aromatic hydroxyl groups is 2. The van der Waals surface area contributed by atoms with Crippen LogP contribution in [-0.4, -0.2) is 10.2 Å². The normalized spacial score (nSPS) is 8.27. The molecule has 11 heavy (non-hydrogen) atoms. The number of benzene rings is 1. The summed E-state index contributed by atoms with van der Waals surface area (Å²) in [6, 6.07) is 4.01. The van der Waals surface area contributed by atoms with Gasteiger partial charge in [0.25, 0.3) is 0 Å². The molecule has 0 atom stereocenters. The first-order valence-electron chi connectivity index (χ1n) is 3.37. The first kappa shape index (κ1) is 10.1. The number of hydrogen-bond donors (Lipinski definition) is 2. The third-order valence-electron chi connectivity index (χ3n) is 0.930. The maximum Gasteiger partial charge on any atom is 0.137 e. The Labute approximate surface area is 71.1 Å². The van der Waals surface area contributed by atoms with Crippen LogP contribution < -0.4 is 0 Å². The molecule has 0 radical (unpaired) electrons. The Morgan fingerprint density at radius 1 is 1.18 bits per heavy atom. The molecule has 0 spiro atoms. The second-order valence-corrected chi connectivity index (χ2v) is 2.04. The van der Waals surface area contributed by atoms with Crippen LogP contribution in [0.1, 0.15) is 13.8 Å². The van der Waals surface area contributed by atoms with Crippen molar-refractivity contribution in [3.63, 3.8) is 0 Å². The molecule has 0 bridgehead atoms. The van der Waals surface area contributed by atoms with Gasteiger partial charge in [-0.1, -0.05) is 25.4 Å². The molecule has 62 valence electrons. The van der Waals surface area contributed by atoms with E-state index in [0.29, 0.717) is 0 Å². The van der Waals surface area contributed by atoms with Crippen LogP contribution in [-0.2, 0) is 0 Å². The molecule has 0 saturated heterocycles. The van der Waals surface area contributed by atoms with Crippen LogP contribution in [0.15, 0.2) is 18.2 Å². The van der Waals surface area contributed by atoms with Crippen LogP contribution in [0.25, 0.3) is 0 Å². The van der Waals surface area contributed by atoms with Gasteiger partial charge >= 0.3 is 0 Å². The Hall–Kier alpha value is -0.890. The maximum atomic E-state index is 8.81. The molecule has 1 aromatic carbocycles. The molecule has 0 aliphatic carbocycles. The molecular formula is C8H11ClO2. The van der Waals surface area contributed by atoms with Gasteiger partial charge in [-0.25, -0.2) is 0 Å². The Bertz CT molecular complexity index is 223. The van der Waals surface area contributed by atoms with Crippen molar-refractivity contribution in [1.29, 1.82) is 0 Å². The van der Waals surface area contributed by atoms with E-state index in [2.05, 4.69) is 0 Å². The third-order valence-corrected chi connectivity index (χ3v) is 1.25. The summed E-state index contributed by atoms with van der Waals surface area (Å²) in [6.07, 6.45) is 0. The highest BCUT2D eigenvalue weighted by Crippen LogP contribution is 2.26. The highest BCUT2D eigenvalue weighted by molar-refractivity contribution is 6.32. The van der Waals surface area contributed by atoms with Gasteiger partial charge in [0.15, 0.2) is 0 Å². The average Bonchev–Trinajstić information content (AvgIpc) is 2.02. The zero-order valence-corrected chi connectivity index (χ0v) is 7.26. The van der Waals surface area contributed by atoms with E-state index in [1.165, 1.54) is 18.2 Å². The minimum Gasteiger partial charge on any atom is -0.508 e. The van der Waals surface area contributed by atoms with Crippen LogP contribution in [0.3, 0.4) is 0 Å². The van der Waals surface area contributed by atoms with E-state index in [1.54, 1.807) is 0 Å². The van der Waals surface area contributed by atoms with Gasteiger partial charge in [0.1, 0.15) is 11.5 Å². The van der Waals surface area contributed by atoms with Crippen LogP contribution >= 0.6 is 11.6 Å². The fraction of sp³-hybridized carbons (Fsp3) is 0.250. The molecule has 0 saturated carbocycles. The molecule has 0 aliphatic rings. The van der Waals surface area contributed by atoms with Crippen molar-refractivity contribution >= 4 is 11.6 Å². The van der Waals surface area contributed by atoms with Crippen LogP contribution in [0.2, 0.25) is 5.02 Å². The first-order valence-corrected chi connectivity index (χ1v) is 3.75. The van der Waals surface area contributed by atoms with Gasteiger partial charge in [-0.2, -0.15) is 0 Å². The minimum absolute atomic E-state index is 0.0110. The molecule has 0 heterocycles. The molecule has 2 nitrogen and oxygen atoms in total. The zero-order valence-electron chi connectivity index (χ0n) is 6.50. The smallest absolute Gasteiger partial charge is 0.137 e. The lowest BCUT2D eigenvalue weighted by Crippen LogP contribution is -1.66. The predicted molar refractivity (Wildman–Crippen MR) is 46.1 cm³/mol. The van der Waals surface area contributed by atoms with Gasteiger partial charge < -0.3 is 10.2 Å². The molecule has 0 unspecified atom stereocenters. The number of phenolic OH excluding ortho intramolecular Hbond substituents is 2. The van der Waals surface area contributed by atoms with E-state index in [1.807, 2.05) is 13.8 Å². The average molecular weight is 175 g/mol.